The molecule has 47 heavy (non-hydrogen) atoms. The molecule has 5 N–H and O–H groups in total. The molecule has 258 valence electrons. The van der Waals surface area contributed by atoms with E-state index in [4.69, 9.17) is 4.74 Å². The lowest BCUT2D eigenvalue weighted by Gasteiger charge is -2.23. The molecular formula is C30H43N7O10. The maximum Gasteiger partial charge on any atom is 0.256 e. The first kappa shape index (κ1) is 38.3. The Kier molecular flexibility index (Phi) is 14.4. The molecule has 2 aliphatic heterocycles. The van der Waals surface area contributed by atoms with E-state index >= 15 is 0 Å². The molecule has 0 aromatic rings. The molecule has 0 fully saturated rings. The number of carbonyl (C=O) groups is 9. The smallest absolute Gasteiger partial charge is 0.256 e. The molecule has 0 saturated heterocycles. The molecule has 0 bridgehead atoms. The quantitative estimate of drug-likeness (QED) is 0.0821. The first-order valence-electron chi connectivity index (χ1n) is 15.2. The lowest BCUT2D eigenvalue weighted by atomic mass is 10.1. The van der Waals surface area contributed by atoms with Crippen LogP contribution in [0.1, 0.15) is 67.2 Å². The fraction of sp³-hybridized carbons (Fsp3) is 0.567. The second-order valence-corrected chi connectivity index (χ2v) is 11.2. The molecular weight excluding hydrogens is 618 g/mol. The standard InChI is InChI=1S/C30H43N7O10/c1-7-47-18(4)28(44)35-21(14-24(40)33-19(5)31-22(38)8-10-36-26(42)12-16(2)29(36)45)15-25(41)34-20(6)32-23(39)9-11-37-27(43)13-17(3)30(37)46/h12-13,18-21H,7-11,14-15H2,1-6H3,(H,31,38)(H,32,39)(H,33,40)(H,34,41)(H,35,44). The predicted octanol–water partition coefficient (Wildman–Crippen LogP) is -1.76. The maximum atomic E-state index is 12.8. The van der Waals surface area contributed by atoms with Crippen LogP contribution in [0.15, 0.2) is 23.3 Å². The number of carbonyl (C=O) groups excluding carboxylic acids is 9. The average Bonchev–Trinajstić information content (AvgIpc) is 3.35. The van der Waals surface area contributed by atoms with Gasteiger partial charge in [-0.3, -0.25) is 53.0 Å². The highest BCUT2D eigenvalue weighted by Gasteiger charge is 2.30. The lowest BCUT2D eigenvalue weighted by molar-refractivity contribution is -0.139. The summed E-state index contributed by atoms with van der Waals surface area (Å²) in [5, 5.41) is 12.8. The maximum absolute atomic E-state index is 12.8. The van der Waals surface area contributed by atoms with E-state index in [1.54, 1.807) is 6.92 Å². The number of hydrogen-bond donors (Lipinski definition) is 5. The molecule has 0 radical (unpaired) electrons. The monoisotopic (exact) mass is 661 g/mol. The van der Waals surface area contributed by atoms with Crippen LogP contribution in [0, 0.1) is 0 Å². The normalized spacial score (nSPS) is 17.0. The molecule has 0 spiro atoms. The second kappa shape index (κ2) is 17.7. The van der Waals surface area contributed by atoms with E-state index in [2.05, 4.69) is 26.6 Å². The van der Waals surface area contributed by atoms with E-state index < -0.39 is 77.6 Å². The second-order valence-electron chi connectivity index (χ2n) is 11.2. The van der Waals surface area contributed by atoms with Gasteiger partial charge in [-0.05, 0) is 41.5 Å². The first-order valence-corrected chi connectivity index (χ1v) is 15.2. The molecule has 2 aliphatic rings. The minimum absolute atomic E-state index is 0.132. The highest BCUT2D eigenvalue weighted by molar-refractivity contribution is 6.16. The van der Waals surface area contributed by atoms with Crippen molar-refractivity contribution in [2.75, 3.05) is 19.7 Å². The average molecular weight is 662 g/mol. The molecule has 3 atom stereocenters. The van der Waals surface area contributed by atoms with Gasteiger partial charge in [0.25, 0.3) is 23.6 Å². The predicted molar refractivity (Wildman–Crippen MR) is 164 cm³/mol. The highest BCUT2D eigenvalue weighted by atomic mass is 16.5. The Bertz CT molecular complexity index is 1270. The van der Waals surface area contributed by atoms with E-state index in [1.165, 1.54) is 46.8 Å². The molecule has 0 aliphatic carbocycles. The Morgan fingerprint density at radius 1 is 0.660 bits per heavy atom. The summed E-state index contributed by atoms with van der Waals surface area (Å²) >= 11 is 0. The van der Waals surface area contributed by atoms with Gasteiger partial charge in [0.05, 0.1) is 12.3 Å². The van der Waals surface area contributed by atoms with Gasteiger partial charge in [0.2, 0.25) is 29.5 Å². The van der Waals surface area contributed by atoms with Crippen molar-refractivity contribution < 1.29 is 47.9 Å². The van der Waals surface area contributed by atoms with E-state index in [0.717, 1.165) is 9.80 Å². The van der Waals surface area contributed by atoms with Crippen LogP contribution in [0.2, 0.25) is 0 Å². The Labute approximate surface area is 272 Å². The van der Waals surface area contributed by atoms with Crippen LogP contribution >= 0.6 is 0 Å². The number of ether oxygens (including phenoxy) is 1. The number of hydrogen-bond acceptors (Lipinski definition) is 10. The van der Waals surface area contributed by atoms with E-state index in [1.807, 2.05) is 0 Å². The van der Waals surface area contributed by atoms with Crippen LogP contribution in [-0.2, 0) is 47.9 Å². The van der Waals surface area contributed by atoms with Crippen LogP contribution < -0.4 is 26.6 Å². The number of nitrogens with zero attached hydrogens (tertiary/aromatic N) is 2. The van der Waals surface area contributed by atoms with Crippen molar-refractivity contribution in [1.82, 2.24) is 36.4 Å². The highest BCUT2D eigenvalue weighted by Crippen LogP contribution is 2.13. The molecule has 0 saturated carbocycles. The zero-order chi connectivity index (χ0) is 35.4. The van der Waals surface area contributed by atoms with Gasteiger partial charge in [0.15, 0.2) is 0 Å². The zero-order valence-corrected chi connectivity index (χ0v) is 27.4. The third-order valence-electron chi connectivity index (χ3n) is 7.01. The van der Waals surface area contributed by atoms with Crippen molar-refractivity contribution in [3.05, 3.63) is 23.3 Å². The number of rotatable bonds is 18. The Hall–Kier alpha value is -4.93. The number of amides is 9. The zero-order valence-electron chi connectivity index (χ0n) is 27.4. The molecule has 2 heterocycles. The molecule has 17 nitrogen and oxygen atoms in total. The lowest BCUT2D eigenvalue weighted by Crippen LogP contribution is -2.51. The van der Waals surface area contributed by atoms with Crippen molar-refractivity contribution in [1.29, 1.82) is 0 Å². The van der Waals surface area contributed by atoms with Gasteiger partial charge >= 0.3 is 0 Å². The van der Waals surface area contributed by atoms with Crippen LogP contribution in [0.25, 0.3) is 0 Å². The Morgan fingerprint density at radius 3 is 1.38 bits per heavy atom. The summed E-state index contributed by atoms with van der Waals surface area (Å²) in [6.45, 7) is 9.17. The summed E-state index contributed by atoms with van der Waals surface area (Å²) in [5.41, 5.74) is 0.555. The van der Waals surface area contributed by atoms with Gasteiger partial charge in [-0.1, -0.05) is 0 Å². The Balaban J connectivity index is 1.87. The van der Waals surface area contributed by atoms with Gasteiger partial charge in [0.1, 0.15) is 6.10 Å². The Morgan fingerprint density at radius 2 is 1.04 bits per heavy atom. The van der Waals surface area contributed by atoms with Gasteiger partial charge in [0, 0.05) is 74.7 Å². The van der Waals surface area contributed by atoms with Crippen LogP contribution in [-0.4, -0.2) is 107 Å². The van der Waals surface area contributed by atoms with Crippen molar-refractivity contribution in [2.24, 2.45) is 0 Å². The van der Waals surface area contributed by atoms with Crippen LogP contribution in [0.5, 0.6) is 0 Å². The summed E-state index contributed by atoms with van der Waals surface area (Å²) in [4.78, 5) is 112. The molecule has 3 unspecified atom stereocenters. The van der Waals surface area contributed by atoms with Crippen LogP contribution in [0.3, 0.4) is 0 Å². The van der Waals surface area contributed by atoms with Crippen molar-refractivity contribution >= 4 is 53.2 Å². The fourth-order valence-electron chi connectivity index (χ4n) is 4.69. The third-order valence-corrected chi connectivity index (χ3v) is 7.01. The number of nitrogens with one attached hydrogen (secondary N) is 5. The van der Waals surface area contributed by atoms with Gasteiger partial charge < -0.3 is 31.3 Å². The largest absolute Gasteiger partial charge is 0.369 e. The summed E-state index contributed by atoms with van der Waals surface area (Å²) in [5.74, 6) is -4.80. The molecule has 9 amide bonds. The summed E-state index contributed by atoms with van der Waals surface area (Å²) in [7, 11) is 0. The van der Waals surface area contributed by atoms with E-state index in [-0.39, 0.29) is 56.5 Å². The SMILES string of the molecule is CCOC(C)C(=O)NC(CC(=O)NC(C)NC(=O)CCN1C(=O)C=C(C)C1=O)CC(=O)NC(C)NC(=O)CCN1C(=O)C=C(C)C1=O. The molecule has 2 rings (SSSR count). The van der Waals surface area contributed by atoms with Crippen LogP contribution in [0.4, 0.5) is 0 Å². The first-order chi connectivity index (χ1) is 22.0. The van der Waals surface area contributed by atoms with Gasteiger partial charge in [-0.15, -0.1) is 0 Å². The van der Waals surface area contributed by atoms with Crippen molar-refractivity contribution in [2.45, 2.75) is 91.7 Å². The topological polar surface area (TPSA) is 229 Å². The van der Waals surface area contributed by atoms with Crippen molar-refractivity contribution in [3.8, 4) is 0 Å². The fourth-order valence-corrected chi connectivity index (χ4v) is 4.69. The van der Waals surface area contributed by atoms with E-state index in [9.17, 15) is 43.2 Å². The minimum atomic E-state index is -0.998. The summed E-state index contributed by atoms with van der Waals surface area (Å²) < 4.78 is 5.28. The molecule has 0 aromatic carbocycles. The minimum Gasteiger partial charge on any atom is -0.369 e. The van der Waals surface area contributed by atoms with Gasteiger partial charge in [-0.25, -0.2) is 0 Å². The summed E-state index contributed by atoms with van der Waals surface area (Å²) in [6.07, 6.45) is -1.31. The van der Waals surface area contributed by atoms with Crippen molar-refractivity contribution in [3.63, 3.8) is 0 Å². The number of imide groups is 2. The third kappa shape index (κ3) is 12.1. The summed E-state index contributed by atoms with van der Waals surface area (Å²) in [6, 6.07) is -0.998. The van der Waals surface area contributed by atoms with Gasteiger partial charge in [-0.2, -0.15) is 0 Å². The van der Waals surface area contributed by atoms with E-state index in [0.29, 0.717) is 0 Å². The molecule has 17 heteroatoms. The molecule has 0 aromatic heterocycles.